The van der Waals surface area contributed by atoms with Crippen LogP contribution in [0.2, 0.25) is 0 Å². The van der Waals surface area contributed by atoms with Gasteiger partial charge in [0.05, 0.1) is 5.56 Å². The predicted octanol–water partition coefficient (Wildman–Crippen LogP) is 3.08. The van der Waals surface area contributed by atoms with E-state index in [0.29, 0.717) is 5.56 Å². The second-order valence-electron chi connectivity index (χ2n) is 9.55. The fourth-order valence-electron chi connectivity index (χ4n) is 3.81. The van der Waals surface area contributed by atoms with E-state index in [0.717, 1.165) is 4.31 Å². The van der Waals surface area contributed by atoms with Gasteiger partial charge in [0.2, 0.25) is 11.8 Å². The third-order valence-electron chi connectivity index (χ3n) is 5.60. The Morgan fingerprint density at radius 2 is 1.71 bits per heavy atom. The Morgan fingerprint density at radius 1 is 1.09 bits per heavy atom. The molecule has 1 heterocycles. The topological polar surface area (TPSA) is 104 Å². The summed E-state index contributed by atoms with van der Waals surface area (Å²) in [6.07, 6.45) is 0.00922. The molecule has 0 saturated heterocycles. The maximum absolute atomic E-state index is 13.3. The third-order valence-corrected chi connectivity index (χ3v) is 7.44. The van der Waals surface area contributed by atoms with E-state index in [4.69, 9.17) is 0 Å². The summed E-state index contributed by atoms with van der Waals surface area (Å²) in [4.78, 5) is 39.9. The van der Waals surface area contributed by atoms with Crippen LogP contribution in [0.3, 0.4) is 0 Å². The van der Waals surface area contributed by atoms with Crippen LogP contribution in [0.25, 0.3) is 0 Å². The van der Waals surface area contributed by atoms with Gasteiger partial charge >= 0.3 is 0 Å². The van der Waals surface area contributed by atoms with Crippen molar-refractivity contribution in [2.45, 2.75) is 63.6 Å². The number of carbonyl (C=O) groups excluding carboxylic acids is 3. The maximum Gasteiger partial charge on any atom is 0.269 e. The molecule has 0 radical (unpaired) electrons. The van der Waals surface area contributed by atoms with Crippen molar-refractivity contribution in [1.29, 1.82) is 0 Å². The summed E-state index contributed by atoms with van der Waals surface area (Å²) in [5, 5.41) is 2.85. The van der Waals surface area contributed by atoms with Crippen molar-refractivity contribution >= 4 is 27.7 Å². The van der Waals surface area contributed by atoms with Gasteiger partial charge in [0.15, 0.2) is 0 Å². The number of nitrogens with one attached hydrogen (secondary N) is 1. The van der Waals surface area contributed by atoms with Gasteiger partial charge in [-0.2, -0.15) is 0 Å². The summed E-state index contributed by atoms with van der Waals surface area (Å²) in [5.41, 5.74) is 0.252. The van der Waals surface area contributed by atoms with E-state index in [2.05, 4.69) is 5.32 Å². The lowest BCUT2D eigenvalue weighted by atomic mass is 10.1. The van der Waals surface area contributed by atoms with E-state index in [1.165, 1.54) is 41.3 Å². The van der Waals surface area contributed by atoms with Gasteiger partial charge in [-0.05, 0) is 63.9 Å². The molecular weight excluding hydrogens is 473 g/mol. The van der Waals surface area contributed by atoms with Crippen molar-refractivity contribution in [3.8, 4) is 0 Å². The standard InChI is InChI=1S/C25H30FN3O5S/c1-17(23(31)27-25(2,3)4)28(16-18-11-13-19(26)14-12-18)22(30)10-7-15-29-24(32)20-8-5-6-9-21(20)35(29,33)34/h5-6,8-9,11-14,17H,7,10,15-16H2,1-4H3,(H,27,31)/t17-/m1/s1. The van der Waals surface area contributed by atoms with E-state index in [1.54, 1.807) is 19.1 Å². The number of halogens is 1. The lowest BCUT2D eigenvalue weighted by Crippen LogP contribution is -2.52. The molecule has 0 saturated carbocycles. The molecule has 0 aliphatic carbocycles. The van der Waals surface area contributed by atoms with Crippen molar-refractivity contribution in [3.63, 3.8) is 0 Å². The zero-order valence-corrected chi connectivity index (χ0v) is 21.1. The lowest BCUT2D eigenvalue weighted by molar-refractivity contribution is -0.141. The Balaban J connectivity index is 1.72. The minimum Gasteiger partial charge on any atom is -0.350 e. The van der Waals surface area contributed by atoms with Crippen LogP contribution < -0.4 is 5.32 Å². The van der Waals surface area contributed by atoms with Gasteiger partial charge < -0.3 is 10.2 Å². The molecule has 0 unspecified atom stereocenters. The van der Waals surface area contributed by atoms with Gasteiger partial charge in [-0.25, -0.2) is 17.1 Å². The minimum atomic E-state index is -3.96. The van der Waals surface area contributed by atoms with Gasteiger partial charge in [-0.1, -0.05) is 24.3 Å². The summed E-state index contributed by atoms with van der Waals surface area (Å²) in [7, 11) is -3.96. The lowest BCUT2D eigenvalue weighted by Gasteiger charge is -2.31. The molecule has 35 heavy (non-hydrogen) atoms. The minimum absolute atomic E-state index is 0.0401. The Labute approximate surface area is 205 Å². The van der Waals surface area contributed by atoms with Crippen LogP contribution in [-0.4, -0.2) is 53.5 Å². The highest BCUT2D eigenvalue weighted by molar-refractivity contribution is 7.90. The number of hydrogen-bond donors (Lipinski definition) is 1. The Kier molecular flexibility index (Phi) is 7.64. The summed E-state index contributed by atoms with van der Waals surface area (Å²) in [6.45, 7) is 7.01. The number of benzene rings is 2. The highest BCUT2D eigenvalue weighted by Crippen LogP contribution is 2.30. The van der Waals surface area contributed by atoms with Crippen LogP contribution in [0.15, 0.2) is 53.4 Å². The molecule has 1 atom stereocenters. The van der Waals surface area contributed by atoms with Crippen molar-refractivity contribution < 1.29 is 27.2 Å². The number of amides is 3. The first-order valence-corrected chi connectivity index (χ1v) is 12.8. The molecule has 2 aromatic rings. The van der Waals surface area contributed by atoms with Crippen LogP contribution in [0.4, 0.5) is 4.39 Å². The summed E-state index contributed by atoms with van der Waals surface area (Å²) < 4.78 is 39.6. The van der Waals surface area contributed by atoms with Crippen molar-refractivity contribution in [3.05, 3.63) is 65.5 Å². The largest absolute Gasteiger partial charge is 0.350 e. The van der Waals surface area contributed by atoms with E-state index >= 15 is 0 Å². The molecule has 3 rings (SSSR count). The Hall–Kier alpha value is -3.27. The average Bonchev–Trinajstić information content (AvgIpc) is 2.97. The zero-order chi connectivity index (χ0) is 26.0. The first kappa shape index (κ1) is 26.3. The third kappa shape index (κ3) is 6.05. The number of sulfonamides is 1. The molecule has 1 aliphatic rings. The van der Waals surface area contributed by atoms with Crippen LogP contribution in [0.1, 0.15) is 56.5 Å². The zero-order valence-electron chi connectivity index (χ0n) is 20.2. The normalized spacial score (nSPS) is 15.5. The quantitative estimate of drug-likeness (QED) is 0.596. The number of rotatable bonds is 8. The molecule has 0 bridgehead atoms. The van der Waals surface area contributed by atoms with Gasteiger partial charge in [-0.3, -0.25) is 14.4 Å². The first-order valence-electron chi connectivity index (χ1n) is 11.3. The molecule has 3 amide bonds. The molecule has 1 aliphatic heterocycles. The van der Waals surface area contributed by atoms with Crippen molar-refractivity contribution in [1.82, 2.24) is 14.5 Å². The summed E-state index contributed by atoms with van der Waals surface area (Å²) in [6, 6.07) is 10.8. The molecule has 188 valence electrons. The van der Waals surface area contributed by atoms with E-state index in [-0.39, 0.29) is 48.2 Å². The Morgan fingerprint density at radius 3 is 2.31 bits per heavy atom. The van der Waals surface area contributed by atoms with Crippen LogP contribution in [0.5, 0.6) is 0 Å². The molecule has 0 aromatic heterocycles. The number of carbonyl (C=O) groups is 3. The van der Waals surface area contributed by atoms with Gasteiger partial charge in [0, 0.05) is 25.0 Å². The molecular formula is C25H30FN3O5S. The fourth-order valence-corrected chi connectivity index (χ4v) is 5.42. The monoisotopic (exact) mass is 503 g/mol. The van der Waals surface area contributed by atoms with Gasteiger partial charge in [0.1, 0.15) is 16.8 Å². The Bertz CT molecular complexity index is 1220. The van der Waals surface area contributed by atoms with Gasteiger partial charge in [0.25, 0.3) is 15.9 Å². The first-order chi connectivity index (χ1) is 16.3. The molecule has 0 fully saturated rings. The van der Waals surface area contributed by atoms with Crippen LogP contribution in [-0.2, 0) is 26.2 Å². The van der Waals surface area contributed by atoms with Crippen molar-refractivity contribution in [2.24, 2.45) is 0 Å². The SMILES string of the molecule is C[C@H](C(=O)NC(C)(C)C)N(Cc1ccc(F)cc1)C(=O)CCCN1C(=O)c2ccccc2S1(=O)=O. The van der Waals surface area contributed by atoms with Crippen molar-refractivity contribution in [2.75, 3.05) is 6.54 Å². The second kappa shape index (κ2) is 10.2. The van der Waals surface area contributed by atoms with E-state index in [9.17, 15) is 27.2 Å². The van der Waals surface area contributed by atoms with E-state index in [1.807, 2.05) is 20.8 Å². The predicted molar refractivity (Wildman–Crippen MR) is 128 cm³/mol. The second-order valence-corrected chi connectivity index (χ2v) is 11.4. The molecule has 0 spiro atoms. The average molecular weight is 504 g/mol. The van der Waals surface area contributed by atoms with Crippen LogP contribution >= 0.6 is 0 Å². The highest BCUT2D eigenvalue weighted by atomic mass is 32.2. The fraction of sp³-hybridized carbons (Fsp3) is 0.400. The molecule has 2 aromatic carbocycles. The van der Waals surface area contributed by atoms with Crippen LogP contribution in [0, 0.1) is 5.82 Å². The molecule has 10 heteroatoms. The summed E-state index contributed by atoms with van der Waals surface area (Å²) in [5.74, 6) is -1.76. The highest BCUT2D eigenvalue weighted by Gasteiger charge is 2.40. The molecule has 1 N–H and O–H groups in total. The number of hydrogen-bond acceptors (Lipinski definition) is 5. The maximum atomic E-state index is 13.3. The smallest absolute Gasteiger partial charge is 0.269 e. The van der Waals surface area contributed by atoms with E-state index < -0.39 is 33.3 Å². The molecule has 8 nitrogen and oxygen atoms in total. The van der Waals surface area contributed by atoms with Gasteiger partial charge in [-0.15, -0.1) is 0 Å². The number of nitrogens with zero attached hydrogens (tertiary/aromatic N) is 2. The summed E-state index contributed by atoms with van der Waals surface area (Å²) >= 11 is 0. The number of fused-ring (bicyclic) bond motifs is 1.